The number of amides is 2. The van der Waals surface area contributed by atoms with Gasteiger partial charge in [-0.25, -0.2) is 9.37 Å². The Hall–Kier alpha value is -2.45. The van der Waals surface area contributed by atoms with Crippen molar-refractivity contribution in [1.82, 2.24) is 25.1 Å². The summed E-state index contributed by atoms with van der Waals surface area (Å²) in [4.78, 5) is 32.3. The standard InChI is InChI=1S/C22H29ClFN5O2/c1-12-10-29-16(11-28(12)6)17(20(30)27-18(21(31)25-5)22(2,3)4)26-19(29)14-8-7-13(23)9-15(14)24/h7-9,12,18H,10-11H2,1-6H3,(H,25,31)(H,27,30)/t12?,18-/m1/s1. The highest BCUT2D eigenvalue weighted by Crippen LogP contribution is 2.31. The van der Waals surface area contributed by atoms with E-state index in [0.29, 0.717) is 24.6 Å². The van der Waals surface area contributed by atoms with Crippen molar-refractivity contribution >= 4 is 23.4 Å². The molecule has 7 nitrogen and oxygen atoms in total. The van der Waals surface area contributed by atoms with E-state index < -0.39 is 23.2 Å². The van der Waals surface area contributed by atoms with Gasteiger partial charge in [-0.2, -0.15) is 0 Å². The number of benzene rings is 1. The molecule has 1 aromatic carbocycles. The quantitative estimate of drug-likeness (QED) is 0.751. The smallest absolute Gasteiger partial charge is 0.272 e. The van der Waals surface area contributed by atoms with E-state index in [1.54, 1.807) is 12.1 Å². The van der Waals surface area contributed by atoms with E-state index in [1.165, 1.54) is 13.1 Å². The summed E-state index contributed by atoms with van der Waals surface area (Å²) in [5.74, 6) is -0.877. The Balaban J connectivity index is 2.08. The average Bonchev–Trinajstić information content (AvgIpc) is 3.03. The summed E-state index contributed by atoms with van der Waals surface area (Å²) in [5.41, 5.74) is 0.653. The van der Waals surface area contributed by atoms with Crippen LogP contribution >= 0.6 is 11.6 Å². The molecule has 168 valence electrons. The highest BCUT2D eigenvalue weighted by atomic mass is 35.5. The lowest BCUT2D eigenvalue weighted by Crippen LogP contribution is -2.53. The lowest BCUT2D eigenvalue weighted by atomic mass is 9.86. The zero-order valence-corrected chi connectivity index (χ0v) is 19.5. The number of fused-ring (bicyclic) bond motifs is 1. The van der Waals surface area contributed by atoms with Gasteiger partial charge in [0.05, 0.1) is 11.3 Å². The minimum atomic E-state index is -0.752. The molecule has 2 heterocycles. The zero-order valence-electron chi connectivity index (χ0n) is 18.7. The first-order chi connectivity index (χ1) is 14.4. The van der Waals surface area contributed by atoms with E-state index in [0.717, 1.165) is 0 Å². The first-order valence-corrected chi connectivity index (χ1v) is 10.6. The summed E-state index contributed by atoms with van der Waals surface area (Å²) in [6.45, 7) is 8.72. The van der Waals surface area contributed by atoms with E-state index in [9.17, 15) is 14.0 Å². The fourth-order valence-electron chi connectivity index (χ4n) is 3.72. The Kier molecular flexibility index (Phi) is 6.43. The van der Waals surface area contributed by atoms with Gasteiger partial charge < -0.3 is 15.2 Å². The van der Waals surface area contributed by atoms with Crippen LogP contribution < -0.4 is 10.6 Å². The maximum absolute atomic E-state index is 14.7. The number of hydrogen-bond donors (Lipinski definition) is 2. The largest absolute Gasteiger partial charge is 0.357 e. The molecule has 0 bridgehead atoms. The Bertz CT molecular complexity index is 1010. The number of carbonyl (C=O) groups excluding carboxylic acids is 2. The third-order valence-electron chi connectivity index (χ3n) is 5.71. The predicted molar refractivity (Wildman–Crippen MR) is 118 cm³/mol. The highest BCUT2D eigenvalue weighted by Gasteiger charge is 2.36. The SMILES string of the molecule is CNC(=O)[C@@H](NC(=O)c1nc(-c2ccc(Cl)cc2F)n2c1CN(C)C(C)C2)C(C)(C)C. The van der Waals surface area contributed by atoms with E-state index in [4.69, 9.17) is 11.6 Å². The molecule has 2 atom stereocenters. The van der Waals surface area contributed by atoms with Crippen LogP contribution in [0, 0.1) is 11.2 Å². The van der Waals surface area contributed by atoms with Crippen LogP contribution in [0.4, 0.5) is 4.39 Å². The Morgan fingerprint density at radius 2 is 2.00 bits per heavy atom. The predicted octanol–water partition coefficient (Wildman–Crippen LogP) is 3.07. The van der Waals surface area contributed by atoms with Crippen LogP contribution in [-0.2, 0) is 17.9 Å². The average molecular weight is 450 g/mol. The van der Waals surface area contributed by atoms with Crippen molar-refractivity contribution in [2.75, 3.05) is 14.1 Å². The fourth-order valence-corrected chi connectivity index (χ4v) is 3.88. The van der Waals surface area contributed by atoms with Gasteiger partial charge in [0.1, 0.15) is 17.7 Å². The van der Waals surface area contributed by atoms with Crippen molar-refractivity contribution in [3.63, 3.8) is 0 Å². The molecule has 0 radical (unpaired) electrons. The Morgan fingerprint density at radius 3 is 2.58 bits per heavy atom. The van der Waals surface area contributed by atoms with Crippen molar-refractivity contribution in [2.45, 2.75) is 52.9 Å². The third-order valence-corrected chi connectivity index (χ3v) is 5.94. The molecule has 1 unspecified atom stereocenters. The summed E-state index contributed by atoms with van der Waals surface area (Å²) < 4.78 is 16.6. The van der Waals surface area contributed by atoms with E-state index >= 15 is 0 Å². The van der Waals surface area contributed by atoms with Gasteiger partial charge in [0.15, 0.2) is 5.69 Å². The van der Waals surface area contributed by atoms with E-state index in [2.05, 4.69) is 27.4 Å². The van der Waals surface area contributed by atoms with Gasteiger partial charge in [-0.3, -0.25) is 14.5 Å². The van der Waals surface area contributed by atoms with Gasteiger partial charge in [-0.05, 0) is 37.6 Å². The molecule has 1 aromatic heterocycles. The van der Waals surface area contributed by atoms with Gasteiger partial charge in [0.25, 0.3) is 5.91 Å². The molecule has 2 aromatic rings. The molecule has 9 heteroatoms. The number of imidazole rings is 1. The number of rotatable bonds is 4. The molecule has 2 amide bonds. The molecule has 0 fully saturated rings. The van der Waals surface area contributed by atoms with Gasteiger partial charge in [-0.15, -0.1) is 0 Å². The van der Waals surface area contributed by atoms with Crippen LogP contribution in [0.5, 0.6) is 0 Å². The first-order valence-electron chi connectivity index (χ1n) is 10.2. The summed E-state index contributed by atoms with van der Waals surface area (Å²) in [5, 5.41) is 5.71. The van der Waals surface area contributed by atoms with Gasteiger partial charge in [0, 0.05) is 31.2 Å². The van der Waals surface area contributed by atoms with Crippen LogP contribution in [0.3, 0.4) is 0 Å². The van der Waals surface area contributed by atoms with Crippen LogP contribution in [-0.4, -0.2) is 52.4 Å². The lowest BCUT2D eigenvalue weighted by molar-refractivity contribution is -0.124. The number of carbonyl (C=O) groups is 2. The summed E-state index contributed by atoms with van der Waals surface area (Å²) in [7, 11) is 3.50. The third kappa shape index (κ3) is 4.60. The second-order valence-corrected chi connectivity index (χ2v) is 9.55. The van der Waals surface area contributed by atoms with Crippen molar-refractivity contribution in [3.05, 3.63) is 40.4 Å². The topological polar surface area (TPSA) is 79.3 Å². The monoisotopic (exact) mass is 449 g/mol. The molecule has 0 saturated carbocycles. The van der Waals surface area contributed by atoms with Gasteiger partial charge in [0.2, 0.25) is 5.91 Å². The summed E-state index contributed by atoms with van der Waals surface area (Å²) >= 11 is 5.91. The number of aromatic nitrogens is 2. The van der Waals surface area contributed by atoms with Crippen molar-refractivity contribution in [3.8, 4) is 11.4 Å². The Labute approximate surface area is 187 Å². The van der Waals surface area contributed by atoms with E-state index in [1.807, 2.05) is 32.4 Å². The molecule has 1 aliphatic heterocycles. The lowest BCUT2D eigenvalue weighted by Gasteiger charge is -2.32. The van der Waals surface area contributed by atoms with Crippen LogP contribution in [0.15, 0.2) is 18.2 Å². The Morgan fingerprint density at radius 1 is 1.32 bits per heavy atom. The molecular weight excluding hydrogens is 421 g/mol. The van der Waals surface area contributed by atoms with Crippen molar-refractivity contribution < 1.29 is 14.0 Å². The van der Waals surface area contributed by atoms with Gasteiger partial charge >= 0.3 is 0 Å². The second-order valence-electron chi connectivity index (χ2n) is 9.12. The van der Waals surface area contributed by atoms with Crippen LogP contribution in [0.1, 0.15) is 43.9 Å². The molecular formula is C22H29ClFN5O2. The van der Waals surface area contributed by atoms with Gasteiger partial charge in [-0.1, -0.05) is 32.4 Å². The normalized spacial score (nSPS) is 17.7. The van der Waals surface area contributed by atoms with Crippen LogP contribution in [0.25, 0.3) is 11.4 Å². The number of nitrogens with one attached hydrogen (secondary N) is 2. The minimum Gasteiger partial charge on any atom is -0.357 e. The van der Waals surface area contributed by atoms with Crippen LogP contribution in [0.2, 0.25) is 5.02 Å². The first kappa shape index (κ1) is 23.2. The zero-order chi connectivity index (χ0) is 23.1. The number of likely N-dealkylation sites (N-methyl/N-ethyl adjacent to an activating group) is 2. The van der Waals surface area contributed by atoms with E-state index in [-0.39, 0.29) is 28.2 Å². The fraction of sp³-hybridized carbons (Fsp3) is 0.500. The van der Waals surface area contributed by atoms with Crippen molar-refractivity contribution in [2.24, 2.45) is 5.41 Å². The summed E-state index contributed by atoms with van der Waals surface area (Å²) in [6.07, 6.45) is 0. The molecule has 0 aliphatic carbocycles. The molecule has 2 N–H and O–H groups in total. The highest BCUT2D eigenvalue weighted by molar-refractivity contribution is 6.30. The molecule has 0 saturated heterocycles. The maximum Gasteiger partial charge on any atom is 0.272 e. The number of nitrogens with zero attached hydrogens (tertiary/aromatic N) is 3. The maximum atomic E-state index is 14.7. The molecule has 3 rings (SSSR count). The molecule has 31 heavy (non-hydrogen) atoms. The number of hydrogen-bond acceptors (Lipinski definition) is 4. The molecule has 0 spiro atoms. The molecule has 1 aliphatic rings. The summed E-state index contributed by atoms with van der Waals surface area (Å²) in [6, 6.07) is 3.83. The second kappa shape index (κ2) is 8.59. The minimum absolute atomic E-state index is 0.180. The number of halogens is 2. The van der Waals surface area contributed by atoms with Crippen molar-refractivity contribution in [1.29, 1.82) is 0 Å².